The summed E-state index contributed by atoms with van der Waals surface area (Å²) in [5.74, 6) is -0.666. The van der Waals surface area contributed by atoms with Crippen LogP contribution in [0.2, 0.25) is 5.02 Å². The molecule has 6 nitrogen and oxygen atoms in total. The maximum Gasteiger partial charge on any atom is 0.264 e. The second-order valence-corrected chi connectivity index (χ2v) is 11.3. The van der Waals surface area contributed by atoms with E-state index in [-0.39, 0.29) is 27.8 Å². The van der Waals surface area contributed by atoms with Gasteiger partial charge in [0, 0.05) is 16.1 Å². The summed E-state index contributed by atoms with van der Waals surface area (Å²) in [4.78, 5) is 26.5. The second-order valence-electron chi connectivity index (χ2n) is 9.00. The minimum Gasteiger partial charge on any atom is -0.324 e. The van der Waals surface area contributed by atoms with Gasteiger partial charge >= 0.3 is 0 Å². The Labute approximate surface area is 227 Å². The summed E-state index contributed by atoms with van der Waals surface area (Å²) in [7, 11) is -4.07. The molecule has 0 aliphatic carbocycles. The van der Waals surface area contributed by atoms with Gasteiger partial charge in [0.1, 0.15) is 6.54 Å². The number of carbonyl (C=O) groups excluding carboxylic acids is 2. The van der Waals surface area contributed by atoms with E-state index in [2.05, 4.69) is 5.32 Å². The van der Waals surface area contributed by atoms with Crippen LogP contribution < -0.4 is 9.62 Å². The van der Waals surface area contributed by atoms with Gasteiger partial charge in [-0.1, -0.05) is 86.1 Å². The topological polar surface area (TPSA) is 83.6 Å². The summed E-state index contributed by atoms with van der Waals surface area (Å²) in [6.45, 7) is 3.59. The lowest BCUT2D eigenvalue weighted by atomic mass is 10.0. The molecular formula is C30H27ClN2O4S. The maximum atomic E-state index is 13.6. The first kappa shape index (κ1) is 27.1. The van der Waals surface area contributed by atoms with Gasteiger partial charge in [0.15, 0.2) is 5.78 Å². The highest BCUT2D eigenvalue weighted by Gasteiger charge is 2.28. The van der Waals surface area contributed by atoms with Crippen molar-refractivity contribution in [2.45, 2.75) is 24.7 Å². The van der Waals surface area contributed by atoms with Crippen LogP contribution in [-0.4, -0.2) is 26.7 Å². The minimum absolute atomic E-state index is 0.0622. The Balaban J connectivity index is 1.67. The van der Waals surface area contributed by atoms with Gasteiger partial charge < -0.3 is 5.32 Å². The van der Waals surface area contributed by atoms with E-state index in [1.165, 1.54) is 24.3 Å². The van der Waals surface area contributed by atoms with Crippen LogP contribution in [0.3, 0.4) is 0 Å². The number of nitrogens with one attached hydrogen (secondary N) is 1. The van der Waals surface area contributed by atoms with Crippen molar-refractivity contribution in [3.8, 4) is 0 Å². The smallest absolute Gasteiger partial charge is 0.264 e. The van der Waals surface area contributed by atoms with Crippen LogP contribution in [0.1, 0.15) is 41.3 Å². The van der Waals surface area contributed by atoms with Crippen molar-refractivity contribution >= 4 is 44.7 Å². The van der Waals surface area contributed by atoms with Gasteiger partial charge in [-0.25, -0.2) is 8.42 Å². The molecule has 0 aliphatic rings. The molecule has 0 fully saturated rings. The number of rotatable bonds is 9. The zero-order valence-corrected chi connectivity index (χ0v) is 22.5. The molecule has 4 aromatic carbocycles. The SMILES string of the molecule is CC(C)c1ccc(N(CC(=O)Nc2ccc(Cl)cc2C(=O)c2ccccc2)S(=O)(=O)c2ccccc2)cc1. The third-order valence-electron chi connectivity index (χ3n) is 6.00. The Morgan fingerprint density at radius 1 is 0.842 bits per heavy atom. The highest BCUT2D eigenvalue weighted by atomic mass is 35.5. The van der Waals surface area contributed by atoms with Crippen LogP contribution in [0.4, 0.5) is 11.4 Å². The van der Waals surface area contributed by atoms with Crippen molar-refractivity contribution in [1.29, 1.82) is 0 Å². The zero-order valence-electron chi connectivity index (χ0n) is 21.0. The number of benzene rings is 4. The largest absolute Gasteiger partial charge is 0.324 e. The van der Waals surface area contributed by atoms with E-state index < -0.39 is 22.5 Å². The van der Waals surface area contributed by atoms with Crippen molar-refractivity contribution in [3.63, 3.8) is 0 Å². The average molecular weight is 547 g/mol. The van der Waals surface area contributed by atoms with Gasteiger partial charge in [0.25, 0.3) is 10.0 Å². The second kappa shape index (κ2) is 11.6. The fourth-order valence-corrected chi connectivity index (χ4v) is 5.55. The predicted molar refractivity (Wildman–Crippen MR) is 151 cm³/mol. The van der Waals surface area contributed by atoms with Crippen LogP contribution in [0.15, 0.2) is 108 Å². The number of hydrogen-bond acceptors (Lipinski definition) is 4. The van der Waals surface area contributed by atoms with E-state index in [1.54, 1.807) is 66.7 Å². The molecule has 194 valence electrons. The molecule has 1 amide bonds. The molecular weight excluding hydrogens is 520 g/mol. The van der Waals surface area contributed by atoms with Crippen molar-refractivity contribution in [3.05, 3.63) is 125 Å². The third-order valence-corrected chi connectivity index (χ3v) is 8.03. The Morgan fingerprint density at radius 2 is 1.45 bits per heavy atom. The molecule has 0 radical (unpaired) electrons. The summed E-state index contributed by atoms with van der Waals surface area (Å²) >= 11 is 6.16. The Morgan fingerprint density at radius 3 is 2.05 bits per heavy atom. The first-order chi connectivity index (χ1) is 18.2. The van der Waals surface area contributed by atoms with Crippen LogP contribution in [-0.2, 0) is 14.8 Å². The standard InChI is InChI=1S/C30H27ClN2O4S/c1-21(2)22-13-16-25(17-14-22)33(38(36,37)26-11-7-4-8-12-26)20-29(34)32-28-18-15-24(31)19-27(28)30(35)23-9-5-3-6-10-23/h3-19,21H,20H2,1-2H3,(H,32,34). The monoisotopic (exact) mass is 546 g/mol. The van der Waals surface area contributed by atoms with Crippen LogP contribution >= 0.6 is 11.6 Å². The number of hydrogen-bond donors (Lipinski definition) is 1. The van der Waals surface area contributed by atoms with Gasteiger partial charge in [-0.05, 0) is 53.9 Å². The number of carbonyl (C=O) groups is 2. The van der Waals surface area contributed by atoms with E-state index in [0.717, 1.165) is 9.87 Å². The van der Waals surface area contributed by atoms with E-state index in [1.807, 2.05) is 26.0 Å². The summed E-state index contributed by atoms with van der Waals surface area (Å²) in [5.41, 5.74) is 2.27. The summed E-state index contributed by atoms with van der Waals surface area (Å²) in [5, 5.41) is 3.05. The molecule has 0 spiro atoms. The molecule has 0 unspecified atom stereocenters. The van der Waals surface area contributed by atoms with Crippen LogP contribution in [0, 0.1) is 0 Å². The highest BCUT2D eigenvalue weighted by molar-refractivity contribution is 7.92. The van der Waals surface area contributed by atoms with Gasteiger partial charge in [-0.15, -0.1) is 0 Å². The number of ketones is 1. The summed E-state index contributed by atoms with van der Waals surface area (Å²) in [6, 6.07) is 28.2. The number of anilines is 2. The molecule has 0 heterocycles. The molecule has 0 aliphatic heterocycles. The van der Waals surface area contributed by atoms with E-state index in [4.69, 9.17) is 11.6 Å². The molecule has 0 aromatic heterocycles. The van der Waals surface area contributed by atoms with E-state index in [9.17, 15) is 18.0 Å². The van der Waals surface area contributed by atoms with E-state index in [0.29, 0.717) is 16.3 Å². The summed E-state index contributed by atoms with van der Waals surface area (Å²) in [6.07, 6.45) is 0. The Kier molecular flexibility index (Phi) is 8.29. The maximum absolute atomic E-state index is 13.6. The van der Waals surface area contributed by atoms with Crippen LogP contribution in [0.25, 0.3) is 0 Å². The Bertz CT molecular complexity index is 1540. The fraction of sp³-hybridized carbons (Fsp3) is 0.133. The molecule has 4 rings (SSSR count). The fourth-order valence-electron chi connectivity index (χ4n) is 3.94. The number of nitrogens with zero attached hydrogens (tertiary/aromatic N) is 1. The van der Waals surface area contributed by atoms with Crippen molar-refractivity contribution in [1.82, 2.24) is 0 Å². The lowest BCUT2D eigenvalue weighted by Crippen LogP contribution is -2.38. The molecule has 1 N–H and O–H groups in total. The van der Waals surface area contributed by atoms with E-state index >= 15 is 0 Å². The number of sulfonamides is 1. The van der Waals surface area contributed by atoms with Crippen molar-refractivity contribution in [2.24, 2.45) is 0 Å². The van der Waals surface area contributed by atoms with Gasteiger partial charge in [0.05, 0.1) is 16.3 Å². The van der Waals surface area contributed by atoms with Gasteiger partial charge in [0.2, 0.25) is 5.91 Å². The molecule has 0 saturated heterocycles. The first-order valence-corrected chi connectivity index (χ1v) is 13.9. The normalized spacial score (nSPS) is 11.3. The summed E-state index contributed by atoms with van der Waals surface area (Å²) < 4.78 is 28.3. The first-order valence-electron chi connectivity index (χ1n) is 12.0. The Hall–Kier alpha value is -3.94. The minimum atomic E-state index is -4.07. The van der Waals surface area contributed by atoms with Crippen molar-refractivity contribution in [2.75, 3.05) is 16.2 Å². The third kappa shape index (κ3) is 6.13. The molecule has 0 saturated carbocycles. The quantitative estimate of drug-likeness (QED) is 0.242. The predicted octanol–water partition coefficient (Wildman–Crippen LogP) is 6.53. The molecule has 4 aromatic rings. The number of halogens is 1. The average Bonchev–Trinajstić information content (AvgIpc) is 2.93. The van der Waals surface area contributed by atoms with Crippen molar-refractivity contribution < 1.29 is 18.0 Å². The van der Waals surface area contributed by atoms with Gasteiger partial charge in [-0.3, -0.25) is 13.9 Å². The highest BCUT2D eigenvalue weighted by Crippen LogP contribution is 2.27. The lowest BCUT2D eigenvalue weighted by molar-refractivity contribution is -0.114. The zero-order chi connectivity index (χ0) is 27.3. The molecule has 38 heavy (non-hydrogen) atoms. The lowest BCUT2D eigenvalue weighted by Gasteiger charge is -2.25. The van der Waals surface area contributed by atoms with Crippen LogP contribution in [0.5, 0.6) is 0 Å². The molecule has 8 heteroatoms. The molecule has 0 bridgehead atoms. The number of amides is 1. The van der Waals surface area contributed by atoms with Gasteiger partial charge in [-0.2, -0.15) is 0 Å². The molecule has 0 atom stereocenters.